The Morgan fingerprint density at radius 2 is 0.835 bits per heavy atom. The zero-order valence-electron chi connectivity index (χ0n) is 44.0. The van der Waals surface area contributed by atoms with Crippen molar-refractivity contribution in [2.45, 2.75) is 139 Å². The van der Waals surface area contributed by atoms with E-state index in [9.17, 15) is 73.2 Å². The number of carbonyl (C=O) groups excluding carboxylic acids is 10. The number of carbonyl (C=O) groups is 11. The number of nitrogens with two attached hydrogens (primary N) is 6. The summed E-state index contributed by atoms with van der Waals surface area (Å²) in [7, 11) is 0. The number of aliphatic hydroxyl groups is 2. The van der Waals surface area contributed by atoms with Crippen LogP contribution in [0.25, 0.3) is 0 Å². The molecule has 1 heterocycles. The van der Waals surface area contributed by atoms with Gasteiger partial charge >= 0.3 is 5.97 Å². The summed E-state index contributed by atoms with van der Waals surface area (Å²) >= 11 is 0. The first-order valence-electron chi connectivity index (χ1n) is 25.3. The number of unbranched alkanes of at least 4 members (excludes halogenated alkanes) is 1. The van der Waals surface area contributed by atoms with E-state index in [1.54, 1.807) is 13.8 Å². The summed E-state index contributed by atoms with van der Waals surface area (Å²) in [4.78, 5) is 159. The predicted molar refractivity (Wildman–Crippen MR) is 282 cm³/mol. The van der Waals surface area contributed by atoms with Crippen molar-refractivity contribution in [3.63, 3.8) is 0 Å². The molecule has 0 unspecified atom stereocenters. The lowest BCUT2D eigenvalue weighted by Gasteiger charge is -2.28. The van der Waals surface area contributed by atoms with Gasteiger partial charge in [0.15, 0.2) is 11.9 Å². The topological polar surface area (TPSA) is 558 Å². The van der Waals surface area contributed by atoms with Crippen molar-refractivity contribution in [1.82, 2.24) is 47.9 Å². The van der Waals surface area contributed by atoms with Crippen LogP contribution in [0, 0.1) is 5.92 Å². The fourth-order valence-corrected chi connectivity index (χ4v) is 7.72. The Morgan fingerprint density at radius 1 is 0.494 bits per heavy atom. The molecule has 0 saturated carbocycles. The molecule has 1 aliphatic rings. The number of aliphatic imine (C=N–C) groups is 2. The molecule has 1 aliphatic heterocycles. The third-order valence-corrected chi connectivity index (χ3v) is 11.8. The number of phenolic OH excluding ortho intramolecular Hbond substituents is 1. The predicted octanol–water partition coefficient (Wildman–Crippen LogP) is -8.07. The summed E-state index contributed by atoms with van der Waals surface area (Å²) in [6.07, 6.45) is -2.71. The number of primary amides is 1. The summed E-state index contributed by atoms with van der Waals surface area (Å²) in [5.74, 6) is -14.2. The van der Waals surface area contributed by atoms with Gasteiger partial charge in [0, 0.05) is 19.5 Å². The van der Waals surface area contributed by atoms with Crippen LogP contribution in [0.2, 0.25) is 0 Å². The summed E-state index contributed by atoms with van der Waals surface area (Å²) in [6, 6.07) is -10.3. The molecule has 2 rings (SSSR count). The molecule has 1 aromatic rings. The lowest BCUT2D eigenvalue weighted by Crippen LogP contribution is -2.61. The average Bonchev–Trinajstić information content (AvgIpc) is 3.37. The van der Waals surface area contributed by atoms with E-state index in [-0.39, 0.29) is 94.6 Å². The number of guanidine groups is 2. The number of hydrogen-bond donors (Lipinski definition) is 19. The quantitative estimate of drug-likeness (QED) is 0.0291. The van der Waals surface area contributed by atoms with E-state index in [1.165, 1.54) is 24.3 Å². The van der Waals surface area contributed by atoms with Gasteiger partial charge < -0.3 is 103 Å². The molecule has 0 aromatic heterocycles. The van der Waals surface area contributed by atoms with Gasteiger partial charge in [-0.25, -0.2) is 0 Å². The SMILES string of the molecule is CC(C)C[C@@H]1NC(=O)[C@H](CC(N)=O)NC(=O)[C@H](Cc2ccc(O)cc2)NC(=O)[C@H](CCCN=C(N)N)NC(=O)[C@H](CO)NC(=O)[C@H](CC(=O)O)NC(=O)[C@H](CCCCN)NC(=O)[C@H](CO)NC(=O)[C@H](CCCN=C(N)N)NC1=O. The van der Waals surface area contributed by atoms with E-state index in [4.69, 9.17) is 34.4 Å². The molecule has 32 heteroatoms. The third kappa shape index (κ3) is 25.1. The van der Waals surface area contributed by atoms with Crippen LogP contribution in [-0.2, 0) is 59.2 Å². The Hall–Kier alpha value is -8.39. The Kier molecular flexibility index (Phi) is 29.0. The van der Waals surface area contributed by atoms with E-state index in [2.05, 4.69) is 57.8 Å². The Bertz CT molecular complexity index is 2330. The number of hydrogen-bond acceptors (Lipinski definition) is 17. The normalized spacial score (nSPS) is 23.6. The molecular weight excluding hydrogens is 1040 g/mol. The molecule has 1 aromatic carbocycles. The van der Waals surface area contributed by atoms with E-state index < -0.39 is 145 Å². The number of phenols is 1. The summed E-state index contributed by atoms with van der Waals surface area (Å²) in [5.41, 5.74) is 33.4. The van der Waals surface area contributed by atoms with Gasteiger partial charge in [0.2, 0.25) is 59.1 Å². The molecule has 0 bridgehead atoms. The van der Waals surface area contributed by atoms with E-state index >= 15 is 0 Å². The highest BCUT2D eigenvalue weighted by Crippen LogP contribution is 2.14. The minimum atomic E-state index is -2.00. The molecule has 440 valence electrons. The van der Waals surface area contributed by atoms with Gasteiger partial charge in [0.1, 0.15) is 60.1 Å². The van der Waals surface area contributed by atoms with Gasteiger partial charge in [-0.3, -0.25) is 62.7 Å². The third-order valence-electron chi connectivity index (χ3n) is 11.8. The van der Waals surface area contributed by atoms with Gasteiger partial charge in [-0.2, -0.15) is 0 Å². The van der Waals surface area contributed by atoms with Crippen molar-refractivity contribution >= 4 is 77.0 Å². The second-order valence-electron chi connectivity index (χ2n) is 18.9. The molecule has 79 heavy (non-hydrogen) atoms. The first-order valence-corrected chi connectivity index (χ1v) is 25.3. The van der Waals surface area contributed by atoms with Crippen LogP contribution in [0.5, 0.6) is 5.75 Å². The van der Waals surface area contributed by atoms with Crippen LogP contribution < -0.4 is 82.3 Å². The summed E-state index contributed by atoms with van der Waals surface area (Å²) in [5, 5.41) is 61.8. The smallest absolute Gasteiger partial charge is 0.305 e. The Morgan fingerprint density at radius 3 is 1.23 bits per heavy atom. The average molecular weight is 1120 g/mol. The van der Waals surface area contributed by atoms with Crippen LogP contribution in [0.15, 0.2) is 34.3 Å². The van der Waals surface area contributed by atoms with Crippen LogP contribution in [-0.4, -0.2) is 185 Å². The van der Waals surface area contributed by atoms with Crippen molar-refractivity contribution in [2.75, 3.05) is 32.8 Å². The van der Waals surface area contributed by atoms with Gasteiger partial charge in [-0.1, -0.05) is 26.0 Å². The lowest BCUT2D eigenvalue weighted by atomic mass is 10.0. The highest BCUT2D eigenvalue weighted by molar-refractivity contribution is 6.00. The second kappa shape index (κ2) is 34.4. The van der Waals surface area contributed by atoms with Gasteiger partial charge in [-0.15, -0.1) is 0 Å². The fraction of sp³-hybridized carbons (Fsp3) is 0.596. The summed E-state index contributed by atoms with van der Waals surface area (Å²) < 4.78 is 0. The number of amides is 10. The maximum absolute atomic E-state index is 14.4. The highest BCUT2D eigenvalue weighted by Gasteiger charge is 2.37. The molecule has 9 atom stereocenters. The van der Waals surface area contributed by atoms with Gasteiger partial charge in [0.25, 0.3) is 0 Å². The van der Waals surface area contributed by atoms with E-state index in [1.807, 2.05) is 0 Å². The van der Waals surface area contributed by atoms with Crippen molar-refractivity contribution in [1.29, 1.82) is 0 Å². The van der Waals surface area contributed by atoms with Crippen LogP contribution >= 0.6 is 0 Å². The summed E-state index contributed by atoms with van der Waals surface area (Å²) in [6.45, 7) is 1.07. The second-order valence-corrected chi connectivity index (χ2v) is 18.9. The van der Waals surface area contributed by atoms with Crippen LogP contribution in [0.3, 0.4) is 0 Å². The maximum Gasteiger partial charge on any atom is 0.305 e. The monoisotopic (exact) mass is 1120 g/mol. The fourth-order valence-electron chi connectivity index (χ4n) is 7.72. The van der Waals surface area contributed by atoms with Crippen LogP contribution in [0.4, 0.5) is 0 Å². The lowest BCUT2D eigenvalue weighted by molar-refractivity contribution is -0.142. The molecule has 0 radical (unpaired) electrons. The number of nitrogens with zero attached hydrogens (tertiary/aromatic N) is 2. The number of aliphatic hydroxyl groups excluding tert-OH is 2. The molecular formula is C47H77N17O15. The number of aliphatic carboxylic acids is 1. The van der Waals surface area contributed by atoms with Crippen molar-refractivity contribution in [2.24, 2.45) is 50.3 Å². The zero-order chi connectivity index (χ0) is 59.4. The largest absolute Gasteiger partial charge is 0.508 e. The van der Waals surface area contributed by atoms with Crippen LogP contribution in [0.1, 0.15) is 83.6 Å². The van der Waals surface area contributed by atoms with Crippen molar-refractivity contribution in [3.05, 3.63) is 29.8 Å². The molecule has 0 spiro atoms. The number of carboxylic acids is 1. The Labute approximate surface area is 454 Å². The Balaban J connectivity index is 2.91. The standard InChI is InChI=1S/C47H77N17O15/c1-23(2)17-29-40(74)56-28(9-6-16-55-47(52)53)39(73)63-33(21-65)44(78)57-26(7-3-4-14-48)37(71)62-32(20-36(69)70)43(77)64-34(22-66)45(79)58-27(8-5-15-54-46(50)51)38(72)60-30(18-24-10-12-25(67)13-11-24)41(75)61-31(19-35(49)68)42(76)59-29/h10-13,23,26-34,65-67H,3-9,14-22,48H2,1-2H3,(H2,49,68)(H,56,74)(H,57,78)(H,58,79)(H,59,76)(H,60,72)(H,61,75)(H,62,71)(H,63,73)(H,64,77)(H,69,70)(H4,50,51,54)(H4,52,53,55)/t26-,27-,28-,29-,30-,31-,32-,33-,34-/m0/s1. The molecule has 1 fully saturated rings. The first kappa shape index (κ1) is 66.7. The number of carboxylic acid groups (broad SMARTS) is 1. The number of rotatable bonds is 22. The molecule has 25 N–H and O–H groups in total. The molecule has 32 nitrogen and oxygen atoms in total. The highest BCUT2D eigenvalue weighted by atomic mass is 16.4. The zero-order valence-corrected chi connectivity index (χ0v) is 44.0. The molecule has 0 aliphatic carbocycles. The molecule has 10 amide bonds. The minimum Gasteiger partial charge on any atom is -0.508 e. The van der Waals surface area contributed by atoms with Gasteiger partial charge in [-0.05, 0) is 81.5 Å². The van der Waals surface area contributed by atoms with Crippen molar-refractivity contribution in [3.8, 4) is 5.75 Å². The number of nitrogens with one attached hydrogen (secondary N) is 9. The van der Waals surface area contributed by atoms with Gasteiger partial charge in [0.05, 0.1) is 26.1 Å². The first-order chi connectivity index (χ1) is 37.3. The number of benzene rings is 1. The molecule has 1 saturated heterocycles. The van der Waals surface area contributed by atoms with Crippen molar-refractivity contribution < 1.29 is 73.2 Å². The minimum absolute atomic E-state index is 0.0229. The van der Waals surface area contributed by atoms with E-state index in [0.29, 0.717) is 12.0 Å². The maximum atomic E-state index is 14.4. The van der Waals surface area contributed by atoms with E-state index in [0.717, 1.165) is 0 Å². The number of aromatic hydroxyl groups is 1.